The topological polar surface area (TPSA) is 60.8 Å². The molecule has 134 valence electrons. The van der Waals surface area contributed by atoms with Crippen LogP contribution in [0, 0.1) is 5.92 Å². The van der Waals surface area contributed by atoms with Crippen LogP contribution in [0.3, 0.4) is 0 Å². The number of phenols is 1. The van der Waals surface area contributed by atoms with E-state index in [0.717, 1.165) is 0 Å². The zero-order valence-corrected chi connectivity index (χ0v) is 13.3. The van der Waals surface area contributed by atoms with Crippen LogP contribution in [0.15, 0.2) is 36.4 Å². The molecule has 1 saturated heterocycles. The molecule has 3 rings (SSSR count). The molecule has 1 atom stereocenters. The van der Waals surface area contributed by atoms with Gasteiger partial charge in [0.05, 0.1) is 5.92 Å². The Bertz CT molecular complexity index is 783. The minimum Gasteiger partial charge on any atom is -0.508 e. The first-order valence-corrected chi connectivity index (χ1v) is 8.02. The van der Waals surface area contributed by atoms with Crippen LogP contribution in [0.4, 0.5) is 13.2 Å². The van der Waals surface area contributed by atoms with Gasteiger partial charge in [-0.1, -0.05) is 18.2 Å². The van der Waals surface area contributed by atoms with Crippen molar-refractivity contribution in [1.29, 1.82) is 0 Å². The van der Waals surface area contributed by atoms with Crippen molar-refractivity contribution in [3.8, 4) is 5.75 Å². The Morgan fingerprint density at radius 2 is 1.68 bits per heavy atom. The molecule has 25 heavy (non-hydrogen) atoms. The maximum absolute atomic E-state index is 13.7. The predicted molar refractivity (Wildman–Crippen MR) is 86.3 cm³/mol. The van der Waals surface area contributed by atoms with Gasteiger partial charge in [0.15, 0.2) is 0 Å². The molecule has 0 amide bonds. The number of halogens is 3. The number of hydrogen-bond donors (Lipinski definition) is 2. The summed E-state index contributed by atoms with van der Waals surface area (Å²) in [6.45, 7) is 0.184. The second-order valence-corrected chi connectivity index (χ2v) is 6.38. The number of aliphatic carboxylic acids is 1. The highest BCUT2D eigenvalue weighted by Gasteiger charge is 2.45. The number of piperidine rings is 1. The number of carbonyl (C=O) groups is 1. The van der Waals surface area contributed by atoms with Gasteiger partial charge in [0.2, 0.25) is 0 Å². The van der Waals surface area contributed by atoms with E-state index in [-0.39, 0.29) is 37.2 Å². The van der Waals surface area contributed by atoms with Crippen LogP contribution >= 0.6 is 0 Å². The van der Waals surface area contributed by atoms with Gasteiger partial charge < -0.3 is 10.2 Å². The molecule has 0 spiro atoms. The van der Waals surface area contributed by atoms with Gasteiger partial charge in [-0.15, -0.1) is 0 Å². The SMILES string of the molecule is O=C(O)C1CCN(C(c2ccc3cc(O)ccc3c2)C(F)(F)F)CC1. The minimum absolute atomic E-state index is 0.0587. The largest absolute Gasteiger partial charge is 0.508 e. The van der Waals surface area contributed by atoms with E-state index >= 15 is 0 Å². The number of nitrogens with zero attached hydrogens (tertiary/aromatic N) is 1. The van der Waals surface area contributed by atoms with Crippen LogP contribution in [-0.2, 0) is 4.79 Å². The molecular formula is C18H18F3NO3. The van der Waals surface area contributed by atoms with Crippen LogP contribution in [0.2, 0.25) is 0 Å². The minimum atomic E-state index is -4.46. The third kappa shape index (κ3) is 3.71. The Morgan fingerprint density at radius 1 is 1.08 bits per heavy atom. The number of hydrogen-bond acceptors (Lipinski definition) is 3. The molecule has 0 radical (unpaired) electrons. The van der Waals surface area contributed by atoms with Gasteiger partial charge in [-0.25, -0.2) is 0 Å². The Hall–Kier alpha value is -2.28. The van der Waals surface area contributed by atoms with Crippen LogP contribution in [0.25, 0.3) is 10.8 Å². The number of carboxylic acids is 1. The standard InChI is InChI=1S/C18H18F3NO3/c19-18(20,21)16(22-7-5-11(6-8-22)17(24)25)14-2-1-13-10-15(23)4-3-12(13)9-14/h1-4,9-11,16,23H,5-8H2,(H,24,25). The van der Waals surface area contributed by atoms with Gasteiger partial charge in [0.1, 0.15) is 11.8 Å². The molecule has 2 aromatic carbocycles. The summed E-state index contributed by atoms with van der Waals surface area (Å²) >= 11 is 0. The zero-order valence-electron chi connectivity index (χ0n) is 13.3. The lowest BCUT2D eigenvalue weighted by molar-refractivity contribution is -0.190. The predicted octanol–water partition coefficient (Wildman–Crippen LogP) is 3.95. The highest BCUT2D eigenvalue weighted by molar-refractivity contribution is 5.84. The Labute approximate surface area is 142 Å². The summed E-state index contributed by atoms with van der Waals surface area (Å²) in [5.74, 6) is -1.47. The summed E-state index contributed by atoms with van der Waals surface area (Å²) in [5.41, 5.74) is 0.125. The number of alkyl halides is 3. The van der Waals surface area contributed by atoms with E-state index in [2.05, 4.69) is 0 Å². The maximum atomic E-state index is 13.7. The molecule has 0 bridgehead atoms. The fourth-order valence-corrected chi connectivity index (χ4v) is 3.43. The van der Waals surface area contributed by atoms with E-state index in [1.165, 1.54) is 29.2 Å². The number of aromatic hydroxyl groups is 1. The summed E-state index contributed by atoms with van der Waals surface area (Å²) < 4.78 is 41.1. The van der Waals surface area contributed by atoms with Crippen molar-refractivity contribution in [1.82, 2.24) is 4.90 Å². The quantitative estimate of drug-likeness (QED) is 0.877. The van der Waals surface area contributed by atoms with E-state index < -0.39 is 24.1 Å². The van der Waals surface area contributed by atoms with Gasteiger partial charge in [0.25, 0.3) is 0 Å². The lowest BCUT2D eigenvalue weighted by Crippen LogP contribution is -2.44. The average molecular weight is 353 g/mol. The molecule has 1 heterocycles. The highest BCUT2D eigenvalue weighted by Crippen LogP contribution is 2.40. The summed E-state index contributed by atoms with van der Waals surface area (Å²) in [4.78, 5) is 12.3. The molecule has 1 unspecified atom stereocenters. The van der Waals surface area contributed by atoms with Gasteiger partial charge >= 0.3 is 12.1 Å². The fraction of sp³-hybridized carbons (Fsp3) is 0.389. The van der Waals surface area contributed by atoms with Gasteiger partial charge in [-0.2, -0.15) is 13.2 Å². The van der Waals surface area contributed by atoms with Crippen LogP contribution in [-0.4, -0.2) is 40.3 Å². The van der Waals surface area contributed by atoms with Crippen molar-refractivity contribution >= 4 is 16.7 Å². The number of phenolic OH excluding ortho intramolecular Hbond substituents is 1. The second kappa shape index (κ2) is 6.55. The first-order valence-electron chi connectivity index (χ1n) is 8.02. The lowest BCUT2D eigenvalue weighted by atomic mass is 9.93. The van der Waals surface area contributed by atoms with Gasteiger partial charge in [-0.05, 0) is 60.5 Å². The smallest absolute Gasteiger partial charge is 0.408 e. The number of benzene rings is 2. The fourth-order valence-electron chi connectivity index (χ4n) is 3.43. The summed E-state index contributed by atoms with van der Waals surface area (Å²) in [6.07, 6.45) is -4.03. The number of likely N-dealkylation sites (tertiary alicyclic amines) is 1. The van der Waals surface area contributed by atoms with E-state index in [4.69, 9.17) is 5.11 Å². The van der Waals surface area contributed by atoms with E-state index in [1.54, 1.807) is 12.1 Å². The summed E-state index contributed by atoms with van der Waals surface area (Å²) in [7, 11) is 0. The third-order valence-electron chi connectivity index (χ3n) is 4.72. The molecule has 1 aliphatic heterocycles. The molecular weight excluding hydrogens is 335 g/mol. The van der Waals surface area contributed by atoms with Crippen LogP contribution in [0.1, 0.15) is 24.4 Å². The van der Waals surface area contributed by atoms with E-state index in [0.29, 0.717) is 10.8 Å². The zero-order chi connectivity index (χ0) is 18.2. The molecule has 7 heteroatoms. The maximum Gasteiger partial charge on any atom is 0.408 e. The summed E-state index contributed by atoms with van der Waals surface area (Å²) in [6, 6.07) is 7.22. The van der Waals surface area contributed by atoms with Crippen molar-refractivity contribution < 1.29 is 28.2 Å². The van der Waals surface area contributed by atoms with Crippen molar-refractivity contribution in [3.05, 3.63) is 42.0 Å². The van der Waals surface area contributed by atoms with Crippen LogP contribution in [0.5, 0.6) is 5.75 Å². The molecule has 0 saturated carbocycles. The molecule has 2 N–H and O–H groups in total. The Kier molecular flexibility index (Phi) is 4.60. The molecule has 0 aliphatic carbocycles. The van der Waals surface area contributed by atoms with Crippen molar-refractivity contribution in [2.45, 2.75) is 25.1 Å². The Morgan fingerprint density at radius 3 is 2.28 bits per heavy atom. The van der Waals surface area contributed by atoms with Gasteiger partial charge in [0, 0.05) is 0 Å². The molecule has 1 fully saturated rings. The third-order valence-corrected chi connectivity index (χ3v) is 4.72. The second-order valence-electron chi connectivity index (χ2n) is 6.38. The molecule has 0 aromatic heterocycles. The van der Waals surface area contributed by atoms with Crippen molar-refractivity contribution in [2.75, 3.05) is 13.1 Å². The van der Waals surface area contributed by atoms with E-state index in [9.17, 15) is 23.1 Å². The van der Waals surface area contributed by atoms with Gasteiger partial charge in [-0.3, -0.25) is 9.69 Å². The normalized spacial score (nSPS) is 18.4. The van der Waals surface area contributed by atoms with E-state index in [1.807, 2.05) is 0 Å². The summed E-state index contributed by atoms with van der Waals surface area (Å²) in [5, 5.41) is 19.8. The lowest BCUT2D eigenvalue weighted by Gasteiger charge is -2.37. The average Bonchev–Trinajstić information content (AvgIpc) is 2.54. The molecule has 4 nitrogen and oxygen atoms in total. The number of fused-ring (bicyclic) bond motifs is 1. The number of carboxylic acid groups (broad SMARTS) is 1. The monoisotopic (exact) mass is 353 g/mol. The van der Waals surface area contributed by atoms with Crippen molar-refractivity contribution in [3.63, 3.8) is 0 Å². The molecule has 1 aliphatic rings. The molecule has 2 aromatic rings. The first kappa shape index (κ1) is 17.5. The number of rotatable bonds is 3. The Balaban J connectivity index is 1.92. The van der Waals surface area contributed by atoms with Crippen LogP contribution < -0.4 is 0 Å². The first-order chi connectivity index (χ1) is 11.8. The highest BCUT2D eigenvalue weighted by atomic mass is 19.4. The van der Waals surface area contributed by atoms with Crippen molar-refractivity contribution in [2.24, 2.45) is 5.92 Å².